The van der Waals surface area contributed by atoms with Gasteiger partial charge in [-0.05, 0) is 47.9 Å². The number of fused-ring (bicyclic) bond motifs is 1. The standard InChI is InChI=1S/C19H21FN4OS/c1-10(2)8-13-9-26-19-15(13)18(22-11(3)23-19)24-16(17(21)25)12-4-6-14(20)7-5-12/h4-7,9-10,16H,8H2,1-3H3,(H2,21,25)(H,22,23,24). The van der Waals surface area contributed by atoms with Crippen molar-refractivity contribution in [2.45, 2.75) is 33.2 Å². The molecule has 1 atom stereocenters. The molecule has 3 rings (SSSR count). The number of aromatic nitrogens is 2. The van der Waals surface area contributed by atoms with Crippen LogP contribution in [0.2, 0.25) is 0 Å². The van der Waals surface area contributed by atoms with Crippen LogP contribution in [0.1, 0.15) is 36.8 Å². The van der Waals surface area contributed by atoms with Gasteiger partial charge in [-0.2, -0.15) is 0 Å². The van der Waals surface area contributed by atoms with Gasteiger partial charge >= 0.3 is 0 Å². The average Bonchev–Trinajstić information content (AvgIpc) is 2.95. The van der Waals surface area contributed by atoms with E-state index in [-0.39, 0.29) is 5.82 Å². The van der Waals surface area contributed by atoms with Gasteiger partial charge in [0.05, 0.1) is 5.39 Å². The Hall–Kier alpha value is -2.54. The van der Waals surface area contributed by atoms with Gasteiger partial charge in [-0.25, -0.2) is 14.4 Å². The number of primary amides is 1. The lowest BCUT2D eigenvalue weighted by Gasteiger charge is -2.18. The van der Waals surface area contributed by atoms with Gasteiger partial charge in [-0.3, -0.25) is 4.79 Å². The number of carbonyl (C=O) groups is 1. The molecular formula is C19H21FN4OS. The first-order valence-corrected chi connectivity index (χ1v) is 9.29. The number of rotatable bonds is 6. The number of hydrogen-bond acceptors (Lipinski definition) is 5. The molecule has 2 aromatic heterocycles. The number of carbonyl (C=O) groups excluding carboxylic acids is 1. The molecule has 136 valence electrons. The van der Waals surface area contributed by atoms with Crippen molar-refractivity contribution < 1.29 is 9.18 Å². The lowest BCUT2D eigenvalue weighted by Crippen LogP contribution is -2.28. The van der Waals surface area contributed by atoms with Crippen molar-refractivity contribution in [3.63, 3.8) is 0 Å². The highest BCUT2D eigenvalue weighted by Crippen LogP contribution is 2.33. The Morgan fingerprint density at radius 1 is 1.27 bits per heavy atom. The molecule has 0 saturated carbocycles. The van der Waals surface area contributed by atoms with Crippen LogP contribution in [0.5, 0.6) is 0 Å². The molecule has 0 saturated heterocycles. The van der Waals surface area contributed by atoms with E-state index < -0.39 is 11.9 Å². The number of amides is 1. The summed E-state index contributed by atoms with van der Waals surface area (Å²) < 4.78 is 13.2. The third-order valence-corrected chi connectivity index (χ3v) is 4.94. The molecule has 2 heterocycles. The fourth-order valence-electron chi connectivity index (χ4n) is 2.91. The summed E-state index contributed by atoms with van der Waals surface area (Å²) in [7, 11) is 0. The molecule has 0 radical (unpaired) electrons. The minimum absolute atomic E-state index is 0.366. The first-order valence-electron chi connectivity index (χ1n) is 8.41. The Kier molecular flexibility index (Phi) is 5.18. The number of hydrogen-bond donors (Lipinski definition) is 2. The lowest BCUT2D eigenvalue weighted by atomic mass is 10.0. The molecule has 0 fully saturated rings. The second kappa shape index (κ2) is 7.37. The zero-order chi connectivity index (χ0) is 18.8. The number of halogens is 1. The zero-order valence-corrected chi connectivity index (χ0v) is 15.7. The van der Waals surface area contributed by atoms with Gasteiger partial charge < -0.3 is 11.1 Å². The van der Waals surface area contributed by atoms with Crippen molar-refractivity contribution in [3.05, 3.63) is 52.4 Å². The Balaban J connectivity index is 2.06. The first kappa shape index (κ1) is 18.3. The molecule has 26 heavy (non-hydrogen) atoms. The van der Waals surface area contributed by atoms with Gasteiger partial charge in [0.1, 0.15) is 28.3 Å². The number of anilines is 1. The van der Waals surface area contributed by atoms with Crippen LogP contribution < -0.4 is 11.1 Å². The molecule has 0 bridgehead atoms. The van der Waals surface area contributed by atoms with E-state index >= 15 is 0 Å². The normalized spacial score (nSPS) is 12.5. The molecule has 7 heteroatoms. The van der Waals surface area contributed by atoms with E-state index in [0.29, 0.717) is 23.1 Å². The molecule has 0 aliphatic carbocycles. The molecule has 1 unspecified atom stereocenters. The number of nitrogens with two attached hydrogens (primary N) is 1. The highest BCUT2D eigenvalue weighted by atomic mass is 32.1. The summed E-state index contributed by atoms with van der Waals surface area (Å²) >= 11 is 1.56. The van der Waals surface area contributed by atoms with Crippen LogP contribution in [-0.2, 0) is 11.2 Å². The SMILES string of the molecule is Cc1nc(NC(C(N)=O)c2ccc(F)cc2)c2c(CC(C)C)csc2n1. The van der Waals surface area contributed by atoms with Crippen molar-refractivity contribution in [2.75, 3.05) is 5.32 Å². The minimum atomic E-state index is -0.806. The van der Waals surface area contributed by atoms with Crippen LogP contribution in [0.15, 0.2) is 29.6 Å². The molecule has 3 N–H and O–H groups in total. The Morgan fingerprint density at radius 3 is 2.58 bits per heavy atom. The van der Waals surface area contributed by atoms with Crippen LogP contribution in [0.3, 0.4) is 0 Å². The highest BCUT2D eigenvalue weighted by molar-refractivity contribution is 7.17. The molecule has 0 aliphatic rings. The van der Waals surface area contributed by atoms with Gasteiger partial charge in [-0.15, -0.1) is 11.3 Å². The molecule has 0 aliphatic heterocycles. The molecule has 5 nitrogen and oxygen atoms in total. The monoisotopic (exact) mass is 372 g/mol. The van der Waals surface area contributed by atoms with Crippen LogP contribution in [0, 0.1) is 18.7 Å². The highest BCUT2D eigenvalue weighted by Gasteiger charge is 2.22. The van der Waals surface area contributed by atoms with E-state index in [1.807, 2.05) is 6.92 Å². The van der Waals surface area contributed by atoms with E-state index in [2.05, 4.69) is 34.5 Å². The van der Waals surface area contributed by atoms with Gasteiger partial charge in [0.15, 0.2) is 0 Å². The maximum atomic E-state index is 13.2. The van der Waals surface area contributed by atoms with Gasteiger partial charge in [0.2, 0.25) is 5.91 Å². The third-order valence-electron chi connectivity index (χ3n) is 4.02. The average molecular weight is 372 g/mol. The first-order chi connectivity index (χ1) is 12.3. The van der Waals surface area contributed by atoms with Gasteiger partial charge in [0, 0.05) is 0 Å². The van der Waals surface area contributed by atoms with Crippen molar-refractivity contribution in [3.8, 4) is 0 Å². The minimum Gasteiger partial charge on any atom is -0.368 e. The van der Waals surface area contributed by atoms with Crippen LogP contribution in [0.4, 0.5) is 10.2 Å². The topological polar surface area (TPSA) is 80.9 Å². The summed E-state index contributed by atoms with van der Waals surface area (Å²) in [5.41, 5.74) is 7.33. The number of thiophene rings is 1. The van der Waals surface area contributed by atoms with E-state index in [0.717, 1.165) is 22.2 Å². The van der Waals surface area contributed by atoms with Gasteiger partial charge in [0.25, 0.3) is 0 Å². The summed E-state index contributed by atoms with van der Waals surface area (Å²) in [6, 6.07) is 4.91. The maximum Gasteiger partial charge on any atom is 0.244 e. The zero-order valence-electron chi connectivity index (χ0n) is 14.9. The number of benzene rings is 1. The van der Waals surface area contributed by atoms with Gasteiger partial charge in [-0.1, -0.05) is 26.0 Å². The Bertz CT molecular complexity index is 937. The van der Waals surface area contributed by atoms with Crippen LogP contribution in [0.25, 0.3) is 10.2 Å². The third kappa shape index (κ3) is 3.83. The van der Waals surface area contributed by atoms with Crippen molar-refractivity contribution >= 4 is 33.3 Å². The van der Waals surface area contributed by atoms with Crippen LogP contribution >= 0.6 is 11.3 Å². The predicted octanol–water partition coefficient (Wildman–Crippen LogP) is 3.98. The summed E-state index contributed by atoms with van der Waals surface area (Å²) in [4.78, 5) is 21.9. The van der Waals surface area contributed by atoms with E-state index in [9.17, 15) is 9.18 Å². The molecule has 1 aromatic carbocycles. The fourth-order valence-corrected chi connectivity index (χ4v) is 3.91. The smallest absolute Gasteiger partial charge is 0.244 e. The van der Waals surface area contributed by atoms with E-state index in [1.165, 1.54) is 12.1 Å². The second-order valence-electron chi connectivity index (χ2n) is 6.69. The summed E-state index contributed by atoms with van der Waals surface area (Å²) in [6.45, 7) is 6.11. The van der Waals surface area contributed by atoms with Crippen LogP contribution in [-0.4, -0.2) is 15.9 Å². The van der Waals surface area contributed by atoms with Crippen molar-refractivity contribution in [1.82, 2.24) is 9.97 Å². The molecule has 0 spiro atoms. The summed E-state index contributed by atoms with van der Waals surface area (Å²) in [5, 5.41) is 6.16. The largest absolute Gasteiger partial charge is 0.368 e. The summed E-state index contributed by atoms with van der Waals surface area (Å²) in [5.74, 6) is 0.750. The number of nitrogens with zero attached hydrogens (tertiary/aromatic N) is 2. The number of aryl methyl sites for hydroxylation is 1. The quantitative estimate of drug-likeness (QED) is 0.686. The fraction of sp³-hybridized carbons (Fsp3) is 0.316. The molecular weight excluding hydrogens is 351 g/mol. The second-order valence-corrected chi connectivity index (χ2v) is 7.55. The summed E-state index contributed by atoms with van der Waals surface area (Å²) in [6.07, 6.45) is 0.888. The Morgan fingerprint density at radius 2 is 1.96 bits per heavy atom. The van der Waals surface area contributed by atoms with E-state index in [4.69, 9.17) is 5.73 Å². The van der Waals surface area contributed by atoms with Crippen molar-refractivity contribution in [2.24, 2.45) is 11.7 Å². The Labute approximate surface area is 155 Å². The number of nitrogens with one attached hydrogen (secondary N) is 1. The maximum absolute atomic E-state index is 13.2. The lowest BCUT2D eigenvalue weighted by molar-refractivity contribution is -0.118. The van der Waals surface area contributed by atoms with Crippen molar-refractivity contribution in [1.29, 1.82) is 0 Å². The van der Waals surface area contributed by atoms with E-state index in [1.54, 1.807) is 23.5 Å². The molecule has 3 aromatic rings. The molecule has 1 amide bonds. The predicted molar refractivity (Wildman–Crippen MR) is 103 cm³/mol.